The average Bonchev–Trinajstić information content (AvgIpc) is 2.73. The van der Waals surface area contributed by atoms with Crippen LogP contribution in [0.25, 0.3) is 0 Å². The fourth-order valence-corrected chi connectivity index (χ4v) is 2.89. The van der Waals surface area contributed by atoms with Crippen molar-refractivity contribution >= 4 is 22.4 Å². The molecule has 0 saturated heterocycles. The molecule has 0 saturated carbocycles. The lowest BCUT2D eigenvalue weighted by molar-refractivity contribution is 0.0690. The first-order valence-electron chi connectivity index (χ1n) is 6.49. The minimum Gasteiger partial charge on any atom is -0.476 e. The third-order valence-corrected chi connectivity index (χ3v) is 4.31. The molecule has 0 atom stereocenters. The van der Waals surface area contributed by atoms with Gasteiger partial charge < -0.3 is 10.0 Å². The van der Waals surface area contributed by atoms with Crippen molar-refractivity contribution in [2.75, 3.05) is 18.0 Å². The van der Waals surface area contributed by atoms with Crippen LogP contribution in [-0.4, -0.2) is 29.1 Å². The molecule has 0 amide bonds. The molecule has 1 N–H and O–H groups in total. The fourth-order valence-electron chi connectivity index (χ4n) is 1.92. The topological polar surface area (TPSA) is 53.4 Å². The van der Waals surface area contributed by atoms with Crippen LogP contribution in [0.4, 0.5) is 5.13 Å². The molecular weight excluding hydrogens is 248 g/mol. The van der Waals surface area contributed by atoms with Gasteiger partial charge >= 0.3 is 5.97 Å². The molecule has 0 spiro atoms. The van der Waals surface area contributed by atoms with Crippen LogP contribution in [0.3, 0.4) is 0 Å². The second-order valence-corrected chi connectivity index (χ2v) is 5.61. The summed E-state index contributed by atoms with van der Waals surface area (Å²) in [6.45, 7) is 10.1. The zero-order valence-electron chi connectivity index (χ0n) is 11.6. The van der Waals surface area contributed by atoms with Gasteiger partial charge in [-0.3, -0.25) is 0 Å². The summed E-state index contributed by atoms with van der Waals surface area (Å²) in [5, 5.41) is 9.87. The highest BCUT2D eigenvalue weighted by Gasteiger charge is 2.19. The van der Waals surface area contributed by atoms with Gasteiger partial charge in [-0.15, -0.1) is 11.3 Å². The van der Waals surface area contributed by atoms with Crippen molar-refractivity contribution in [2.45, 2.75) is 40.5 Å². The van der Waals surface area contributed by atoms with Gasteiger partial charge in [0, 0.05) is 18.0 Å². The number of carbonyl (C=O) groups is 1. The molecule has 0 aliphatic rings. The molecule has 0 aromatic carbocycles. The van der Waals surface area contributed by atoms with Crippen LogP contribution in [-0.2, 0) is 0 Å². The van der Waals surface area contributed by atoms with Gasteiger partial charge in [-0.2, -0.15) is 0 Å². The van der Waals surface area contributed by atoms with E-state index in [0.29, 0.717) is 5.92 Å². The number of anilines is 1. The number of carboxylic acids is 1. The SMILES string of the molecule is CCC(CC)CN(CC)c1nc(C(=O)O)c(C)s1. The van der Waals surface area contributed by atoms with Gasteiger partial charge in [0.15, 0.2) is 10.8 Å². The zero-order valence-corrected chi connectivity index (χ0v) is 12.4. The van der Waals surface area contributed by atoms with E-state index in [9.17, 15) is 4.79 Å². The smallest absolute Gasteiger partial charge is 0.355 e. The summed E-state index contributed by atoms with van der Waals surface area (Å²) in [5.74, 6) is -0.295. The molecule has 102 valence electrons. The number of hydrogen-bond donors (Lipinski definition) is 1. The van der Waals surface area contributed by atoms with Crippen LogP contribution >= 0.6 is 11.3 Å². The minimum atomic E-state index is -0.936. The number of carboxylic acid groups (broad SMARTS) is 1. The predicted octanol–water partition coefficient (Wildman–Crippen LogP) is 3.41. The molecule has 5 heteroatoms. The quantitative estimate of drug-likeness (QED) is 0.825. The highest BCUT2D eigenvalue weighted by molar-refractivity contribution is 7.15. The van der Waals surface area contributed by atoms with Gasteiger partial charge in [0.25, 0.3) is 0 Å². The molecular formula is C13H22N2O2S. The molecule has 0 aliphatic carbocycles. The lowest BCUT2D eigenvalue weighted by Gasteiger charge is -2.24. The average molecular weight is 270 g/mol. The molecule has 0 aliphatic heterocycles. The van der Waals surface area contributed by atoms with E-state index in [0.717, 1.165) is 35.9 Å². The van der Waals surface area contributed by atoms with Crippen molar-refractivity contribution in [1.29, 1.82) is 0 Å². The highest BCUT2D eigenvalue weighted by Crippen LogP contribution is 2.27. The van der Waals surface area contributed by atoms with Gasteiger partial charge in [-0.1, -0.05) is 26.7 Å². The largest absolute Gasteiger partial charge is 0.476 e. The Hall–Kier alpha value is -1.10. The first kappa shape index (κ1) is 15.0. The maximum atomic E-state index is 11.0. The van der Waals surface area contributed by atoms with E-state index >= 15 is 0 Å². The Kier molecular flexibility index (Phi) is 5.59. The highest BCUT2D eigenvalue weighted by atomic mass is 32.1. The Morgan fingerprint density at radius 2 is 2.00 bits per heavy atom. The summed E-state index contributed by atoms with van der Waals surface area (Å²) in [7, 11) is 0. The van der Waals surface area contributed by atoms with Crippen molar-refractivity contribution in [3.63, 3.8) is 0 Å². The summed E-state index contributed by atoms with van der Waals surface area (Å²) in [6, 6.07) is 0. The maximum Gasteiger partial charge on any atom is 0.355 e. The number of thiazole rings is 1. The first-order chi connectivity index (χ1) is 8.53. The Labute approximate surface area is 113 Å². The molecule has 1 aromatic rings. The van der Waals surface area contributed by atoms with Gasteiger partial charge in [-0.25, -0.2) is 9.78 Å². The van der Waals surface area contributed by atoms with Crippen molar-refractivity contribution < 1.29 is 9.90 Å². The molecule has 4 nitrogen and oxygen atoms in total. The van der Waals surface area contributed by atoms with Crippen LogP contribution in [0.15, 0.2) is 0 Å². The van der Waals surface area contributed by atoms with Gasteiger partial charge in [-0.05, 0) is 19.8 Å². The van der Waals surface area contributed by atoms with E-state index in [-0.39, 0.29) is 5.69 Å². The fraction of sp³-hybridized carbons (Fsp3) is 0.692. The van der Waals surface area contributed by atoms with E-state index < -0.39 is 5.97 Å². The lowest BCUT2D eigenvalue weighted by Crippen LogP contribution is -2.28. The third-order valence-electron chi connectivity index (χ3n) is 3.27. The van der Waals surface area contributed by atoms with Crippen LogP contribution in [0.2, 0.25) is 0 Å². The van der Waals surface area contributed by atoms with E-state index in [4.69, 9.17) is 5.11 Å². The molecule has 1 rings (SSSR count). The molecule has 0 bridgehead atoms. The first-order valence-corrected chi connectivity index (χ1v) is 7.30. The summed E-state index contributed by atoms with van der Waals surface area (Å²) in [4.78, 5) is 18.2. The second kappa shape index (κ2) is 6.73. The van der Waals surface area contributed by atoms with E-state index in [2.05, 4.69) is 30.7 Å². The third kappa shape index (κ3) is 3.45. The monoisotopic (exact) mass is 270 g/mol. The Bertz CT molecular complexity index is 400. The van der Waals surface area contributed by atoms with E-state index in [1.54, 1.807) is 0 Å². The van der Waals surface area contributed by atoms with Crippen molar-refractivity contribution in [2.24, 2.45) is 5.92 Å². The number of aromatic nitrogens is 1. The molecule has 0 radical (unpaired) electrons. The number of aromatic carboxylic acids is 1. The summed E-state index contributed by atoms with van der Waals surface area (Å²) >= 11 is 1.47. The van der Waals surface area contributed by atoms with E-state index in [1.165, 1.54) is 11.3 Å². The van der Waals surface area contributed by atoms with Crippen molar-refractivity contribution in [3.8, 4) is 0 Å². The summed E-state index contributed by atoms with van der Waals surface area (Å²) in [6.07, 6.45) is 2.28. The second-order valence-electron chi connectivity index (χ2n) is 4.43. The van der Waals surface area contributed by atoms with Crippen molar-refractivity contribution in [1.82, 2.24) is 4.98 Å². The number of aryl methyl sites for hydroxylation is 1. The van der Waals surface area contributed by atoms with Crippen LogP contribution in [0, 0.1) is 12.8 Å². The normalized spacial score (nSPS) is 10.9. The van der Waals surface area contributed by atoms with Crippen LogP contribution in [0.1, 0.15) is 49.0 Å². The Morgan fingerprint density at radius 1 is 1.39 bits per heavy atom. The molecule has 0 unspecified atom stereocenters. The predicted molar refractivity (Wildman–Crippen MR) is 75.8 cm³/mol. The maximum absolute atomic E-state index is 11.0. The van der Waals surface area contributed by atoms with E-state index in [1.807, 2.05) is 6.92 Å². The Balaban J connectivity index is 2.88. The van der Waals surface area contributed by atoms with Gasteiger partial charge in [0.05, 0.1) is 0 Å². The van der Waals surface area contributed by atoms with Crippen LogP contribution in [0.5, 0.6) is 0 Å². The molecule has 1 heterocycles. The standard InChI is InChI=1S/C13H22N2O2S/c1-5-10(6-2)8-15(7-3)13-14-11(12(16)17)9(4)18-13/h10H,5-8H2,1-4H3,(H,16,17). The summed E-state index contributed by atoms with van der Waals surface area (Å²) < 4.78 is 0. The minimum absolute atomic E-state index is 0.193. The van der Waals surface area contributed by atoms with Gasteiger partial charge in [0.1, 0.15) is 0 Å². The number of hydrogen-bond acceptors (Lipinski definition) is 4. The molecule has 0 fully saturated rings. The number of rotatable bonds is 7. The molecule has 18 heavy (non-hydrogen) atoms. The van der Waals surface area contributed by atoms with Gasteiger partial charge in [0.2, 0.25) is 0 Å². The summed E-state index contributed by atoms with van der Waals surface area (Å²) in [5.41, 5.74) is 0.193. The molecule has 1 aromatic heterocycles. The Morgan fingerprint density at radius 3 is 2.39 bits per heavy atom. The zero-order chi connectivity index (χ0) is 13.7. The number of nitrogens with zero attached hydrogens (tertiary/aromatic N) is 2. The van der Waals surface area contributed by atoms with Crippen molar-refractivity contribution in [3.05, 3.63) is 10.6 Å². The van der Waals surface area contributed by atoms with Crippen LogP contribution < -0.4 is 4.90 Å². The lowest BCUT2D eigenvalue weighted by atomic mass is 10.0.